The van der Waals surface area contributed by atoms with Gasteiger partial charge in [0, 0.05) is 25.6 Å². The lowest BCUT2D eigenvalue weighted by atomic mass is 9.99. The summed E-state index contributed by atoms with van der Waals surface area (Å²) in [5.74, 6) is 1.81. The number of hydrogen-bond acceptors (Lipinski definition) is 5. The second kappa shape index (κ2) is 11.0. The van der Waals surface area contributed by atoms with Gasteiger partial charge in [-0.3, -0.25) is 4.99 Å². The van der Waals surface area contributed by atoms with E-state index >= 15 is 0 Å². The van der Waals surface area contributed by atoms with Gasteiger partial charge >= 0.3 is 0 Å². The normalized spacial score (nSPS) is 12.4. The molecule has 0 fully saturated rings. The SMILES string of the molecule is CCC(CC)c1cc(CNC(=NC)NCc2ccc(CS(=O)(=O)NC)cc2)on1. The zero-order valence-corrected chi connectivity index (χ0v) is 18.3. The minimum absolute atomic E-state index is 0.0312. The summed E-state index contributed by atoms with van der Waals surface area (Å²) >= 11 is 0. The summed E-state index contributed by atoms with van der Waals surface area (Å²) in [6.45, 7) is 5.36. The Balaban J connectivity index is 1.85. The number of sulfonamides is 1. The number of nitrogens with zero attached hydrogens (tertiary/aromatic N) is 2. The summed E-state index contributed by atoms with van der Waals surface area (Å²) in [5, 5.41) is 10.6. The predicted molar refractivity (Wildman–Crippen MR) is 115 cm³/mol. The van der Waals surface area contributed by atoms with Crippen molar-refractivity contribution in [2.45, 2.75) is 51.4 Å². The Morgan fingerprint density at radius 2 is 1.72 bits per heavy atom. The topological polar surface area (TPSA) is 109 Å². The highest BCUT2D eigenvalue weighted by Gasteiger charge is 2.13. The number of hydrogen-bond donors (Lipinski definition) is 3. The Labute approximate surface area is 173 Å². The van der Waals surface area contributed by atoms with Crippen LogP contribution in [0, 0.1) is 0 Å². The summed E-state index contributed by atoms with van der Waals surface area (Å²) < 4.78 is 31.0. The van der Waals surface area contributed by atoms with Crippen LogP contribution in [0.5, 0.6) is 0 Å². The van der Waals surface area contributed by atoms with E-state index in [9.17, 15) is 8.42 Å². The van der Waals surface area contributed by atoms with E-state index < -0.39 is 10.0 Å². The van der Waals surface area contributed by atoms with Gasteiger partial charge in [-0.15, -0.1) is 0 Å². The fraction of sp³-hybridized carbons (Fsp3) is 0.500. The van der Waals surface area contributed by atoms with Crippen LogP contribution in [0.15, 0.2) is 39.8 Å². The summed E-state index contributed by atoms with van der Waals surface area (Å²) in [6.07, 6.45) is 2.08. The molecule has 0 aliphatic rings. The molecule has 2 aromatic rings. The zero-order chi connectivity index (χ0) is 21.3. The monoisotopic (exact) mass is 421 g/mol. The van der Waals surface area contributed by atoms with Crippen molar-refractivity contribution in [3.05, 3.63) is 52.9 Å². The molecule has 2 rings (SSSR count). The average molecular weight is 422 g/mol. The van der Waals surface area contributed by atoms with Gasteiger partial charge in [0.1, 0.15) is 0 Å². The van der Waals surface area contributed by atoms with E-state index in [-0.39, 0.29) is 5.75 Å². The molecule has 0 saturated heterocycles. The Morgan fingerprint density at radius 3 is 2.31 bits per heavy atom. The Bertz CT molecular complexity index is 887. The number of guanidine groups is 1. The van der Waals surface area contributed by atoms with Crippen LogP contribution in [0.25, 0.3) is 0 Å². The fourth-order valence-corrected chi connectivity index (χ4v) is 3.71. The van der Waals surface area contributed by atoms with Crippen molar-refractivity contribution in [2.24, 2.45) is 4.99 Å². The molecule has 1 aromatic carbocycles. The van der Waals surface area contributed by atoms with E-state index in [2.05, 4.69) is 39.4 Å². The summed E-state index contributed by atoms with van der Waals surface area (Å²) in [5.41, 5.74) is 2.76. The molecule has 1 heterocycles. The second-order valence-electron chi connectivity index (χ2n) is 6.79. The molecule has 0 aliphatic carbocycles. The van der Waals surface area contributed by atoms with E-state index in [0.717, 1.165) is 35.4 Å². The average Bonchev–Trinajstić information content (AvgIpc) is 3.19. The third kappa shape index (κ3) is 7.17. The highest BCUT2D eigenvalue weighted by molar-refractivity contribution is 7.88. The number of nitrogens with one attached hydrogen (secondary N) is 3. The van der Waals surface area contributed by atoms with E-state index in [0.29, 0.717) is 25.0 Å². The van der Waals surface area contributed by atoms with Gasteiger partial charge < -0.3 is 15.2 Å². The number of aliphatic imine (C=N–C) groups is 1. The minimum atomic E-state index is -3.26. The van der Waals surface area contributed by atoms with Crippen LogP contribution >= 0.6 is 0 Å². The molecular weight excluding hydrogens is 390 g/mol. The first-order chi connectivity index (χ1) is 13.9. The molecule has 0 aliphatic heterocycles. The second-order valence-corrected chi connectivity index (χ2v) is 8.72. The third-order valence-corrected chi connectivity index (χ3v) is 6.12. The predicted octanol–water partition coefficient (Wildman–Crippen LogP) is 2.49. The fourth-order valence-electron chi connectivity index (χ4n) is 2.93. The van der Waals surface area contributed by atoms with Crippen LogP contribution in [0.4, 0.5) is 0 Å². The smallest absolute Gasteiger partial charge is 0.215 e. The highest BCUT2D eigenvalue weighted by atomic mass is 32.2. The lowest BCUT2D eigenvalue weighted by Gasteiger charge is -2.11. The van der Waals surface area contributed by atoms with Crippen LogP contribution in [-0.2, 0) is 28.9 Å². The van der Waals surface area contributed by atoms with Crippen molar-refractivity contribution in [2.75, 3.05) is 14.1 Å². The Hall–Kier alpha value is -2.39. The largest absolute Gasteiger partial charge is 0.359 e. The summed E-state index contributed by atoms with van der Waals surface area (Å²) in [6, 6.07) is 9.43. The summed E-state index contributed by atoms with van der Waals surface area (Å²) in [7, 11) is -0.145. The van der Waals surface area contributed by atoms with Crippen molar-refractivity contribution in [3.8, 4) is 0 Å². The van der Waals surface area contributed by atoms with Gasteiger partial charge in [-0.2, -0.15) is 0 Å². The van der Waals surface area contributed by atoms with Gasteiger partial charge in [0.2, 0.25) is 10.0 Å². The zero-order valence-electron chi connectivity index (χ0n) is 17.5. The molecule has 9 heteroatoms. The van der Waals surface area contributed by atoms with Crippen LogP contribution < -0.4 is 15.4 Å². The molecular formula is C20H31N5O3S. The lowest BCUT2D eigenvalue weighted by Crippen LogP contribution is -2.36. The number of rotatable bonds is 10. The molecule has 0 unspecified atom stereocenters. The van der Waals surface area contributed by atoms with E-state index in [1.165, 1.54) is 7.05 Å². The van der Waals surface area contributed by atoms with Gasteiger partial charge in [0.15, 0.2) is 11.7 Å². The molecule has 0 bridgehead atoms. The van der Waals surface area contributed by atoms with Crippen molar-refractivity contribution in [1.82, 2.24) is 20.5 Å². The first-order valence-corrected chi connectivity index (χ1v) is 11.4. The molecule has 29 heavy (non-hydrogen) atoms. The van der Waals surface area contributed by atoms with E-state index in [1.54, 1.807) is 7.05 Å². The summed E-state index contributed by atoms with van der Waals surface area (Å²) in [4.78, 5) is 4.21. The Morgan fingerprint density at radius 1 is 1.10 bits per heavy atom. The molecule has 0 radical (unpaired) electrons. The maximum atomic E-state index is 11.6. The van der Waals surface area contributed by atoms with Crippen molar-refractivity contribution in [3.63, 3.8) is 0 Å². The molecule has 160 valence electrons. The first kappa shape index (κ1) is 22.9. The van der Waals surface area contributed by atoms with Crippen molar-refractivity contribution < 1.29 is 12.9 Å². The number of benzene rings is 1. The van der Waals surface area contributed by atoms with Crippen LogP contribution in [0.2, 0.25) is 0 Å². The van der Waals surface area contributed by atoms with Gasteiger partial charge in [-0.1, -0.05) is 43.3 Å². The third-order valence-electron chi connectivity index (χ3n) is 4.79. The van der Waals surface area contributed by atoms with Crippen LogP contribution in [0.3, 0.4) is 0 Å². The minimum Gasteiger partial charge on any atom is -0.359 e. The standard InChI is InChI=1S/C20H31N5O3S/c1-5-17(6-2)19-11-18(28-25-19)13-24-20(21-3)23-12-15-7-9-16(10-8-15)14-29(26,27)22-4/h7-11,17,22H,5-6,12-14H2,1-4H3,(H2,21,23,24). The van der Waals surface area contributed by atoms with Gasteiger partial charge in [0.05, 0.1) is 18.0 Å². The van der Waals surface area contributed by atoms with Gasteiger partial charge in [-0.05, 0) is 31.0 Å². The molecule has 0 saturated carbocycles. The van der Waals surface area contributed by atoms with Crippen molar-refractivity contribution in [1.29, 1.82) is 0 Å². The maximum Gasteiger partial charge on any atom is 0.215 e. The molecule has 0 spiro atoms. The Kier molecular flexibility index (Phi) is 8.66. The highest BCUT2D eigenvalue weighted by Crippen LogP contribution is 2.22. The molecule has 0 atom stereocenters. The molecule has 1 aromatic heterocycles. The first-order valence-electron chi connectivity index (χ1n) is 9.79. The molecule has 8 nitrogen and oxygen atoms in total. The molecule has 0 amide bonds. The quantitative estimate of drug-likeness (QED) is 0.402. The van der Waals surface area contributed by atoms with Gasteiger partial charge in [0.25, 0.3) is 0 Å². The van der Waals surface area contributed by atoms with Gasteiger partial charge in [-0.25, -0.2) is 13.1 Å². The number of aromatic nitrogens is 1. The van der Waals surface area contributed by atoms with Crippen LogP contribution in [-0.4, -0.2) is 33.6 Å². The van der Waals surface area contributed by atoms with Crippen LogP contribution in [0.1, 0.15) is 55.2 Å². The molecule has 3 N–H and O–H groups in total. The van der Waals surface area contributed by atoms with E-state index in [4.69, 9.17) is 4.52 Å². The lowest BCUT2D eigenvalue weighted by molar-refractivity contribution is 0.368. The van der Waals surface area contributed by atoms with Crippen molar-refractivity contribution >= 4 is 16.0 Å². The maximum absolute atomic E-state index is 11.6. The van der Waals surface area contributed by atoms with E-state index in [1.807, 2.05) is 30.3 Å².